The Morgan fingerprint density at radius 1 is 1.25 bits per heavy atom. The van der Waals surface area contributed by atoms with Crippen molar-refractivity contribution in [3.05, 3.63) is 53.2 Å². The van der Waals surface area contributed by atoms with E-state index in [1.54, 1.807) is 19.2 Å². The van der Waals surface area contributed by atoms with Gasteiger partial charge < -0.3 is 15.2 Å². The second-order valence-corrected chi connectivity index (χ2v) is 4.36. The van der Waals surface area contributed by atoms with Gasteiger partial charge in [0.05, 0.1) is 7.11 Å². The van der Waals surface area contributed by atoms with Gasteiger partial charge in [-0.05, 0) is 36.8 Å². The average Bonchev–Trinajstić information content (AvgIpc) is 2.45. The van der Waals surface area contributed by atoms with E-state index in [-0.39, 0.29) is 5.56 Å². The molecule has 0 unspecified atom stereocenters. The summed E-state index contributed by atoms with van der Waals surface area (Å²) in [5, 5.41) is 12.2. The van der Waals surface area contributed by atoms with Crippen molar-refractivity contribution in [1.82, 2.24) is 4.98 Å². The fourth-order valence-electron chi connectivity index (χ4n) is 1.79. The zero-order valence-electron chi connectivity index (χ0n) is 11.4. The van der Waals surface area contributed by atoms with Gasteiger partial charge in [0.2, 0.25) is 0 Å². The molecule has 1 aromatic heterocycles. The van der Waals surface area contributed by atoms with Crippen LogP contribution >= 0.6 is 0 Å². The smallest absolute Gasteiger partial charge is 0.339 e. The van der Waals surface area contributed by atoms with E-state index in [2.05, 4.69) is 10.3 Å². The topological polar surface area (TPSA) is 71.5 Å². The van der Waals surface area contributed by atoms with Crippen molar-refractivity contribution in [3.8, 4) is 5.75 Å². The monoisotopic (exact) mass is 272 g/mol. The van der Waals surface area contributed by atoms with Crippen molar-refractivity contribution in [1.29, 1.82) is 0 Å². The first-order valence-corrected chi connectivity index (χ1v) is 6.18. The van der Waals surface area contributed by atoms with Crippen LogP contribution in [0.5, 0.6) is 5.75 Å². The van der Waals surface area contributed by atoms with E-state index in [9.17, 15) is 4.79 Å². The van der Waals surface area contributed by atoms with Gasteiger partial charge in [0.25, 0.3) is 0 Å². The predicted octanol–water partition coefficient (Wildman–Crippen LogP) is 2.71. The van der Waals surface area contributed by atoms with Gasteiger partial charge in [0.15, 0.2) is 0 Å². The lowest BCUT2D eigenvalue weighted by Crippen LogP contribution is -2.09. The molecule has 0 amide bonds. The number of methoxy groups -OCH3 is 1. The summed E-state index contributed by atoms with van der Waals surface area (Å²) < 4.78 is 5.09. The van der Waals surface area contributed by atoms with Gasteiger partial charge in [0.1, 0.15) is 17.1 Å². The standard InChI is InChI=1S/C15H16N2O3/c1-10-3-8-13(15(18)19)14(17-10)16-9-11-4-6-12(20-2)7-5-11/h3-8H,9H2,1-2H3,(H,16,17)(H,18,19). The van der Waals surface area contributed by atoms with Crippen LogP contribution in [-0.4, -0.2) is 23.2 Å². The number of carboxylic acids is 1. The molecule has 0 saturated carbocycles. The first-order chi connectivity index (χ1) is 9.60. The second-order valence-electron chi connectivity index (χ2n) is 4.36. The number of rotatable bonds is 5. The third kappa shape index (κ3) is 3.26. The molecule has 0 bridgehead atoms. The SMILES string of the molecule is COc1ccc(CNc2nc(C)ccc2C(=O)O)cc1. The summed E-state index contributed by atoms with van der Waals surface area (Å²) in [7, 11) is 1.61. The van der Waals surface area contributed by atoms with E-state index in [4.69, 9.17) is 9.84 Å². The molecule has 2 aromatic rings. The van der Waals surface area contributed by atoms with Crippen LogP contribution in [0.1, 0.15) is 21.6 Å². The molecule has 0 saturated heterocycles. The molecule has 2 N–H and O–H groups in total. The number of aromatic carboxylic acids is 1. The number of hydrogen-bond donors (Lipinski definition) is 2. The van der Waals surface area contributed by atoms with Crippen LogP contribution in [0.2, 0.25) is 0 Å². The van der Waals surface area contributed by atoms with Crippen LogP contribution in [0.15, 0.2) is 36.4 Å². The van der Waals surface area contributed by atoms with Crippen LogP contribution in [0.25, 0.3) is 0 Å². The number of aromatic nitrogens is 1. The number of ether oxygens (including phenoxy) is 1. The van der Waals surface area contributed by atoms with Crippen molar-refractivity contribution in [2.75, 3.05) is 12.4 Å². The van der Waals surface area contributed by atoms with Gasteiger partial charge in [-0.15, -0.1) is 0 Å². The number of hydrogen-bond acceptors (Lipinski definition) is 4. The fraction of sp³-hybridized carbons (Fsp3) is 0.200. The quantitative estimate of drug-likeness (QED) is 0.875. The van der Waals surface area contributed by atoms with E-state index < -0.39 is 5.97 Å². The largest absolute Gasteiger partial charge is 0.497 e. The van der Waals surface area contributed by atoms with E-state index >= 15 is 0 Å². The normalized spacial score (nSPS) is 10.1. The molecule has 0 aliphatic carbocycles. The molecule has 0 atom stereocenters. The third-order valence-electron chi connectivity index (χ3n) is 2.88. The maximum atomic E-state index is 11.1. The summed E-state index contributed by atoms with van der Waals surface area (Å²) in [6.45, 7) is 2.32. The summed E-state index contributed by atoms with van der Waals surface area (Å²) in [6.07, 6.45) is 0. The molecule has 2 rings (SSSR count). The zero-order valence-corrected chi connectivity index (χ0v) is 11.4. The molecule has 5 nitrogen and oxygen atoms in total. The lowest BCUT2D eigenvalue weighted by Gasteiger charge is -2.10. The molecule has 1 aromatic carbocycles. The first kappa shape index (κ1) is 13.9. The number of aryl methyl sites for hydroxylation is 1. The Bertz CT molecular complexity index is 609. The second kappa shape index (κ2) is 6.06. The molecule has 0 aliphatic heterocycles. The van der Waals surface area contributed by atoms with Gasteiger partial charge in [-0.3, -0.25) is 0 Å². The number of carbonyl (C=O) groups is 1. The minimum atomic E-state index is -0.991. The van der Waals surface area contributed by atoms with Crippen molar-refractivity contribution < 1.29 is 14.6 Å². The number of nitrogens with one attached hydrogen (secondary N) is 1. The number of anilines is 1. The number of pyridine rings is 1. The maximum absolute atomic E-state index is 11.1. The molecule has 20 heavy (non-hydrogen) atoms. The van der Waals surface area contributed by atoms with E-state index in [0.717, 1.165) is 17.0 Å². The highest BCUT2D eigenvalue weighted by Crippen LogP contribution is 2.16. The first-order valence-electron chi connectivity index (χ1n) is 6.18. The minimum absolute atomic E-state index is 0.170. The minimum Gasteiger partial charge on any atom is -0.497 e. The van der Waals surface area contributed by atoms with E-state index in [1.165, 1.54) is 0 Å². The zero-order chi connectivity index (χ0) is 14.5. The van der Waals surface area contributed by atoms with Crippen LogP contribution < -0.4 is 10.1 Å². The summed E-state index contributed by atoms with van der Waals surface area (Å²) in [5.74, 6) is 0.178. The van der Waals surface area contributed by atoms with Crippen molar-refractivity contribution in [2.45, 2.75) is 13.5 Å². The van der Waals surface area contributed by atoms with Crippen molar-refractivity contribution in [2.24, 2.45) is 0 Å². The number of benzene rings is 1. The lowest BCUT2D eigenvalue weighted by molar-refractivity contribution is 0.0697. The van der Waals surface area contributed by atoms with E-state index in [0.29, 0.717) is 12.4 Å². The third-order valence-corrected chi connectivity index (χ3v) is 2.88. The van der Waals surface area contributed by atoms with Gasteiger partial charge in [-0.25, -0.2) is 9.78 Å². The molecule has 0 aliphatic rings. The maximum Gasteiger partial charge on any atom is 0.339 e. The van der Waals surface area contributed by atoms with Crippen LogP contribution in [-0.2, 0) is 6.54 Å². The van der Waals surface area contributed by atoms with Gasteiger partial charge in [0, 0.05) is 12.2 Å². The summed E-state index contributed by atoms with van der Waals surface area (Å²) >= 11 is 0. The van der Waals surface area contributed by atoms with Crippen molar-refractivity contribution >= 4 is 11.8 Å². The number of nitrogens with zero attached hydrogens (tertiary/aromatic N) is 1. The highest BCUT2D eigenvalue weighted by atomic mass is 16.5. The van der Waals surface area contributed by atoms with Crippen molar-refractivity contribution in [3.63, 3.8) is 0 Å². The molecule has 0 radical (unpaired) electrons. The molecular formula is C15H16N2O3. The van der Waals surface area contributed by atoms with Gasteiger partial charge in [-0.2, -0.15) is 0 Å². The Labute approximate surface area is 117 Å². The Morgan fingerprint density at radius 3 is 2.55 bits per heavy atom. The summed E-state index contributed by atoms with van der Waals surface area (Å²) in [6, 6.07) is 10.8. The van der Waals surface area contributed by atoms with E-state index in [1.807, 2.05) is 31.2 Å². The molecular weight excluding hydrogens is 256 g/mol. The molecule has 0 fully saturated rings. The average molecular weight is 272 g/mol. The molecule has 104 valence electrons. The Kier molecular flexibility index (Phi) is 4.20. The van der Waals surface area contributed by atoms with Gasteiger partial charge >= 0.3 is 5.97 Å². The van der Waals surface area contributed by atoms with Crippen LogP contribution in [0, 0.1) is 6.92 Å². The lowest BCUT2D eigenvalue weighted by atomic mass is 10.2. The van der Waals surface area contributed by atoms with Crippen LogP contribution in [0.4, 0.5) is 5.82 Å². The molecule has 1 heterocycles. The Hall–Kier alpha value is -2.56. The predicted molar refractivity (Wildman–Crippen MR) is 76.3 cm³/mol. The number of carboxylic acid groups (broad SMARTS) is 1. The Morgan fingerprint density at radius 2 is 1.95 bits per heavy atom. The fourth-order valence-corrected chi connectivity index (χ4v) is 1.79. The highest BCUT2D eigenvalue weighted by molar-refractivity contribution is 5.93. The van der Waals surface area contributed by atoms with Crippen LogP contribution in [0.3, 0.4) is 0 Å². The molecule has 0 spiro atoms. The summed E-state index contributed by atoms with van der Waals surface area (Å²) in [4.78, 5) is 15.4. The molecule has 5 heteroatoms. The summed E-state index contributed by atoms with van der Waals surface area (Å²) in [5.41, 5.74) is 1.96. The highest BCUT2D eigenvalue weighted by Gasteiger charge is 2.11. The Balaban J connectivity index is 2.13. The van der Waals surface area contributed by atoms with Gasteiger partial charge in [-0.1, -0.05) is 12.1 Å².